The number of rotatable bonds is 5. The number of nitrogens with zero attached hydrogens (tertiary/aromatic N) is 3. The molecule has 1 unspecified atom stereocenters. The highest BCUT2D eigenvalue weighted by Crippen LogP contribution is 2.32. The summed E-state index contributed by atoms with van der Waals surface area (Å²) < 4.78 is 0. The minimum absolute atomic E-state index is 0.633. The van der Waals surface area contributed by atoms with Crippen LogP contribution in [-0.2, 0) is 0 Å². The van der Waals surface area contributed by atoms with Crippen molar-refractivity contribution in [2.45, 2.75) is 12.5 Å². The zero-order valence-corrected chi connectivity index (χ0v) is 19.6. The van der Waals surface area contributed by atoms with Crippen molar-refractivity contribution in [3.63, 3.8) is 0 Å². The molecule has 5 nitrogen and oxygen atoms in total. The molecule has 2 N–H and O–H groups in total. The van der Waals surface area contributed by atoms with E-state index in [2.05, 4.69) is 112 Å². The number of aromatic nitrogens is 2. The second-order valence-corrected chi connectivity index (χ2v) is 9.39. The van der Waals surface area contributed by atoms with Crippen LogP contribution in [0.3, 0.4) is 0 Å². The molecule has 0 aliphatic carbocycles. The average molecular weight is 448 g/mol. The van der Waals surface area contributed by atoms with Gasteiger partial charge in [0.2, 0.25) is 0 Å². The number of benzene rings is 3. The van der Waals surface area contributed by atoms with Crippen molar-refractivity contribution in [2.24, 2.45) is 0 Å². The van der Waals surface area contributed by atoms with Gasteiger partial charge in [-0.2, -0.15) is 0 Å². The third-order valence-corrected chi connectivity index (χ3v) is 7.03. The highest BCUT2D eigenvalue weighted by Gasteiger charge is 2.23. The molecule has 5 aromatic rings. The first kappa shape index (κ1) is 20.8. The Labute approximate surface area is 200 Å². The Kier molecular flexibility index (Phi) is 5.19. The Morgan fingerprint density at radius 2 is 1.76 bits per heavy atom. The van der Waals surface area contributed by atoms with Gasteiger partial charge in [0.25, 0.3) is 0 Å². The topological polar surface area (TPSA) is 47.2 Å². The van der Waals surface area contributed by atoms with Crippen LogP contribution in [0.1, 0.15) is 6.42 Å². The first-order valence-corrected chi connectivity index (χ1v) is 11.9. The number of anilines is 3. The summed E-state index contributed by atoms with van der Waals surface area (Å²) in [6.45, 7) is 2.20. The molecule has 3 aromatic carbocycles. The first-order chi connectivity index (χ1) is 16.6. The Morgan fingerprint density at radius 1 is 0.941 bits per heavy atom. The number of hydrogen-bond donors (Lipinski definition) is 2. The molecule has 0 amide bonds. The van der Waals surface area contributed by atoms with E-state index in [1.54, 1.807) is 0 Å². The fourth-order valence-electron chi connectivity index (χ4n) is 4.98. The molecule has 5 heteroatoms. The third kappa shape index (κ3) is 3.88. The van der Waals surface area contributed by atoms with Gasteiger partial charge in [0.05, 0.1) is 5.52 Å². The Bertz CT molecular complexity index is 1450. The van der Waals surface area contributed by atoms with E-state index in [-0.39, 0.29) is 0 Å². The standard InChI is InChI=1S/C29H29N5/c1-33(2)25-13-16-34(19-25)24-7-5-23(6-8-24)32-29-12-15-31-28-10-4-21(18-26(28)29)20-3-9-27-22(17-20)11-14-30-27/h3-12,14-15,17-18,25,30H,13,16,19H2,1-2H3,(H,31,32). The number of H-pyrrole nitrogens is 1. The van der Waals surface area contributed by atoms with Crippen molar-refractivity contribution < 1.29 is 0 Å². The highest BCUT2D eigenvalue weighted by molar-refractivity contribution is 5.96. The molecule has 0 radical (unpaired) electrons. The molecule has 170 valence electrons. The Balaban J connectivity index is 1.27. The van der Waals surface area contributed by atoms with Crippen LogP contribution in [0.2, 0.25) is 0 Å². The molecule has 3 heterocycles. The lowest BCUT2D eigenvalue weighted by Crippen LogP contribution is -2.31. The van der Waals surface area contributed by atoms with Crippen LogP contribution < -0.4 is 10.2 Å². The normalized spacial score (nSPS) is 16.1. The SMILES string of the molecule is CN(C)C1CCN(c2ccc(Nc3ccnc4ccc(-c5ccc6[nH]ccc6c5)cc34)cc2)C1. The fraction of sp³-hybridized carbons (Fsp3) is 0.207. The van der Waals surface area contributed by atoms with Crippen LogP contribution >= 0.6 is 0 Å². The van der Waals surface area contributed by atoms with E-state index in [9.17, 15) is 0 Å². The number of nitrogens with one attached hydrogen (secondary N) is 2. The van der Waals surface area contributed by atoms with E-state index in [4.69, 9.17) is 0 Å². The van der Waals surface area contributed by atoms with Crippen molar-refractivity contribution in [1.29, 1.82) is 0 Å². The summed E-state index contributed by atoms with van der Waals surface area (Å²) in [7, 11) is 4.34. The van der Waals surface area contributed by atoms with Gasteiger partial charge in [-0.05, 0) is 97.7 Å². The summed E-state index contributed by atoms with van der Waals surface area (Å²) in [5.41, 5.74) is 7.97. The molecule has 0 saturated carbocycles. The molecular formula is C29H29N5. The van der Waals surface area contributed by atoms with Gasteiger partial charge in [-0.15, -0.1) is 0 Å². The molecule has 1 saturated heterocycles. The lowest BCUT2D eigenvalue weighted by Gasteiger charge is -2.22. The van der Waals surface area contributed by atoms with Gasteiger partial charge in [-0.25, -0.2) is 0 Å². The summed E-state index contributed by atoms with van der Waals surface area (Å²) in [5.74, 6) is 0. The van der Waals surface area contributed by atoms with E-state index in [1.165, 1.54) is 28.6 Å². The smallest absolute Gasteiger partial charge is 0.0723 e. The summed E-state index contributed by atoms with van der Waals surface area (Å²) in [6.07, 6.45) is 5.07. The van der Waals surface area contributed by atoms with Crippen LogP contribution in [-0.4, -0.2) is 48.1 Å². The lowest BCUT2D eigenvalue weighted by molar-refractivity contribution is 0.315. The van der Waals surface area contributed by atoms with Gasteiger partial charge < -0.3 is 20.1 Å². The monoisotopic (exact) mass is 447 g/mol. The van der Waals surface area contributed by atoms with E-state index < -0.39 is 0 Å². The van der Waals surface area contributed by atoms with E-state index in [0.29, 0.717) is 6.04 Å². The third-order valence-electron chi connectivity index (χ3n) is 7.03. The predicted molar refractivity (Wildman–Crippen MR) is 143 cm³/mol. The molecular weight excluding hydrogens is 418 g/mol. The fourth-order valence-corrected chi connectivity index (χ4v) is 4.98. The summed E-state index contributed by atoms with van der Waals surface area (Å²) >= 11 is 0. The van der Waals surface area contributed by atoms with Gasteiger partial charge in [0.15, 0.2) is 0 Å². The predicted octanol–water partition coefficient (Wildman–Crippen LogP) is 6.27. The minimum Gasteiger partial charge on any atom is -0.370 e. The quantitative estimate of drug-likeness (QED) is 0.333. The second kappa shape index (κ2) is 8.50. The molecule has 2 aromatic heterocycles. The molecule has 1 atom stereocenters. The zero-order chi connectivity index (χ0) is 23.1. The van der Waals surface area contributed by atoms with Gasteiger partial charge >= 0.3 is 0 Å². The first-order valence-electron chi connectivity index (χ1n) is 11.9. The lowest BCUT2D eigenvalue weighted by atomic mass is 10.0. The zero-order valence-electron chi connectivity index (χ0n) is 19.6. The van der Waals surface area contributed by atoms with E-state index >= 15 is 0 Å². The van der Waals surface area contributed by atoms with Gasteiger partial charge in [-0.1, -0.05) is 12.1 Å². The summed E-state index contributed by atoms with van der Waals surface area (Å²) in [4.78, 5) is 12.7. The molecule has 34 heavy (non-hydrogen) atoms. The molecule has 1 aliphatic rings. The van der Waals surface area contributed by atoms with Crippen molar-refractivity contribution in [2.75, 3.05) is 37.4 Å². The maximum Gasteiger partial charge on any atom is 0.0723 e. The minimum atomic E-state index is 0.633. The Morgan fingerprint density at radius 3 is 2.59 bits per heavy atom. The number of hydrogen-bond acceptors (Lipinski definition) is 4. The van der Waals surface area contributed by atoms with Crippen molar-refractivity contribution in [3.05, 3.63) is 85.2 Å². The van der Waals surface area contributed by atoms with Crippen LogP contribution in [0.4, 0.5) is 17.1 Å². The Hall–Kier alpha value is -3.83. The van der Waals surface area contributed by atoms with E-state index in [1.807, 2.05) is 12.4 Å². The molecule has 0 spiro atoms. The maximum atomic E-state index is 4.59. The molecule has 1 fully saturated rings. The summed E-state index contributed by atoms with van der Waals surface area (Å²) in [5, 5.41) is 5.96. The van der Waals surface area contributed by atoms with Crippen molar-refractivity contribution in [1.82, 2.24) is 14.9 Å². The number of fused-ring (bicyclic) bond motifs is 2. The average Bonchev–Trinajstić information content (AvgIpc) is 3.54. The number of likely N-dealkylation sites (N-methyl/N-ethyl adjacent to an activating group) is 1. The van der Waals surface area contributed by atoms with Crippen LogP contribution in [0, 0.1) is 0 Å². The molecule has 6 rings (SSSR count). The largest absolute Gasteiger partial charge is 0.370 e. The van der Waals surface area contributed by atoms with E-state index in [0.717, 1.165) is 40.9 Å². The summed E-state index contributed by atoms with van der Waals surface area (Å²) in [6, 6.07) is 26.6. The van der Waals surface area contributed by atoms with Gasteiger partial charge in [0.1, 0.15) is 0 Å². The van der Waals surface area contributed by atoms with Crippen LogP contribution in [0.5, 0.6) is 0 Å². The van der Waals surface area contributed by atoms with Gasteiger partial charge in [-0.3, -0.25) is 4.98 Å². The van der Waals surface area contributed by atoms with Crippen molar-refractivity contribution >= 4 is 38.9 Å². The number of aromatic amines is 1. The maximum absolute atomic E-state index is 4.59. The van der Waals surface area contributed by atoms with Crippen molar-refractivity contribution in [3.8, 4) is 11.1 Å². The second-order valence-electron chi connectivity index (χ2n) is 9.39. The highest BCUT2D eigenvalue weighted by atomic mass is 15.2. The number of pyridine rings is 1. The van der Waals surface area contributed by atoms with Crippen LogP contribution in [0.15, 0.2) is 85.2 Å². The molecule has 0 bridgehead atoms. The molecule has 1 aliphatic heterocycles. The van der Waals surface area contributed by atoms with Gasteiger partial charge in [0, 0.05) is 59.5 Å². The van der Waals surface area contributed by atoms with Crippen LogP contribution in [0.25, 0.3) is 32.9 Å².